The van der Waals surface area contributed by atoms with E-state index in [0.29, 0.717) is 44.8 Å². The molecule has 43 heavy (non-hydrogen) atoms. The second-order valence-corrected chi connectivity index (χ2v) is 14.3. The van der Waals surface area contributed by atoms with Crippen LogP contribution in [0.25, 0.3) is 0 Å². The number of carbonyl (C=O) groups excluding carboxylic acids is 4. The van der Waals surface area contributed by atoms with Crippen molar-refractivity contribution in [1.82, 2.24) is 24.9 Å². The molecule has 0 radical (unpaired) electrons. The van der Waals surface area contributed by atoms with Gasteiger partial charge in [0, 0.05) is 38.3 Å². The van der Waals surface area contributed by atoms with Gasteiger partial charge in [-0.3, -0.25) is 24.1 Å². The highest BCUT2D eigenvalue weighted by Gasteiger charge is 2.41. The third kappa shape index (κ3) is 8.59. The van der Waals surface area contributed by atoms with Gasteiger partial charge in [-0.15, -0.1) is 0 Å². The van der Waals surface area contributed by atoms with E-state index in [9.17, 15) is 19.2 Å². The van der Waals surface area contributed by atoms with Crippen molar-refractivity contribution in [3.63, 3.8) is 0 Å². The van der Waals surface area contributed by atoms with Crippen LogP contribution in [0, 0.1) is 11.3 Å². The first-order chi connectivity index (χ1) is 20.1. The number of ether oxygens (including phenoxy) is 1. The van der Waals surface area contributed by atoms with Gasteiger partial charge in [0.25, 0.3) is 0 Å². The molecule has 1 unspecified atom stereocenters. The van der Waals surface area contributed by atoms with Gasteiger partial charge < -0.3 is 24.8 Å². The average molecular weight is 604 g/mol. The molecule has 3 aliphatic rings. The van der Waals surface area contributed by atoms with Crippen LogP contribution in [0.5, 0.6) is 0 Å². The zero-order valence-electron chi connectivity index (χ0n) is 28.1. The third-order valence-electron chi connectivity index (χ3n) is 9.27. The number of morpholine rings is 1. The van der Waals surface area contributed by atoms with Gasteiger partial charge in [-0.25, -0.2) is 0 Å². The van der Waals surface area contributed by atoms with Crippen LogP contribution in [-0.2, 0) is 23.9 Å². The third-order valence-corrected chi connectivity index (χ3v) is 9.27. The lowest BCUT2D eigenvalue weighted by molar-refractivity contribution is -0.145. The van der Waals surface area contributed by atoms with Gasteiger partial charge >= 0.3 is 0 Å². The predicted octanol–water partition coefficient (Wildman–Crippen LogP) is 3.06. The maximum atomic E-state index is 14.1. The molecule has 0 aliphatic carbocycles. The SMILES string of the molecule is CC(=CC(C(C)C)N(C)C(=O)[C@@H](NC(=O)[C@H]1CCCCN1C(C)C)C(C)(C)C)C(=O)N1CCC[C@H]1C(=O)N1CCOCC1. The molecule has 3 heterocycles. The van der Waals surface area contributed by atoms with E-state index >= 15 is 0 Å². The van der Waals surface area contributed by atoms with E-state index in [1.54, 1.807) is 28.7 Å². The van der Waals surface area contributed by atoms with Crippen LogP contribution in [-0.4, -0.2) is 120 Å². The summed E-state index contributed by atoms with van der Waals surface area (Å²) in [5.74, 6) is -0.422. The lowest BCUT2D eigenvalue weighted by Gasteiger charge is -2.41. The van der Waals surface area contributed by atoms with Gasteiger partial charge in [0.2, 0.25) is 23.6 Å². The Morgan fingerprint density at radius 1 is 0.907 bits per heavy atom. The minimum atomic E-state index is -0.722. The number of piperidine rings is 1. The lowest BCUT2D eigenvalue weighted by Crippen LogP contribution is -2.60. The Labute approximate surface area is 259 Å². The molecular weight excluding hydrogens is 546 g/mol. The highest BCUT2D eigenvalue weighted by molar-refractivity contribution is 5.97. The molecule has 4 atom stereocenters. The van der Waals surface area contributed by atoms with Crippen molar-refractivity contribution < 1.29 is 23.9 Å². The second-order valence-electron chi connectivity index (χ2n) is 14.3. The topological polar surface area (TPSA) is 102 Å². The van der Waals surface area contributed by atoms with Crippen molar-refractivity contribution in [3.8, 4) is 0 Å². The first-order valence-electron chi connectivity index (χ1n) is 16.3. The van der Waals surface area contributed by atoms with Gasteiger partial charge in [-0.2, -0.15) is 0 Å². The molecular formula is C33H57N5O5. The maximum Gasteiger partial charge on any atom is 0.249 e. The molecule has 3 fully saturated rings. The molecule has 0 aromatic rings. The summed E-state index contributed by atoms with van der Waals surface area (Å²) in [6, 6.07) is -1.54. The number of nitrogens with one attached hydrogen (secondary N) is 1. The summed E-state index contributed by atoms with van der Waals surface area (Å²) in [5, 5.41) is 3.14. The van der Waals surface area contributed by atoms with E-state index in [4.69, 9.17) is 4.74 Å². The number of nitrogens with zero attached hydrogens (tertiary/aromatic N) is 4. The quantitative estimate of drug-likeness (QED) is 0.407. The van der Waals surface area contributed by atoms with Crippen LogP contribution < -0.4 is 5.32 Å². The monoisotopic (exact) mass is 603 g/mol. The summed E-state index contributed by atoms with van der Waals surface area (Å²) in [7, 11) is 1.76. The highest BCUT2D eigenvalue weighted by atomic mass is 16.5. The number of likely N-dealkylation sites (tertiary alicyclic amines) is 2. The molecule has 4 amide bonds. The van der Waals surface area contributed by atoms with Gasteiger partial charge in [0.1, 0.15) is 12.1 Å². The second kappa shape index (κ2) is 15.0. The molecule has 3 aliphatic heterocycles. The van der Waals surface area contributed by atoms with Crippen molar-refractivity contribution in [2.75, 3.05) is 46.4 Å². The molecule has 3 saturated heterocycles. The Hall–Kier alpha value is -2.46. The fourth-order valence-corrected chi connectivity index (χ4v) is 6.66. The van der Waals surface area contributed by atoms with Crippen LogP contribution >= 0.6 is 0 Å². The zero-order chi connectivity index (χ0) is 32.1. The lowest BCUT2D eigenvalue weighted by atomic mass is 9.84. The van der Waals surface area contributed by atoms with Crippen molar-refractivity contribution in [1.29, 1.82) is 0 Å². The summed E-state index contributed by atoms with van der Waals surface area (Å²) in [6.07, 6.45) is 6.17. The van der Waals surface area contributed by atoms with Crippen LogP contribution in [0.3, 0.4) is 0 Å². The van der Waals surface area contributed by atoms with Gasteiger partial charge in [0.15, 0.2) is 0 Å². The van der Waals surface area contributed by atoms with Crippen molar-refractivity contribution in [3.05, 3.63) is 11.6 Å². The molecule has 0 aromatic heterocycles. The fourth-order valence-electron chi connectivity index (χ4n) is 6.66. The summed E-state index contributed by atoms with van der Waals surface area (Å²) >= 11 is 0. The summed E-state index contributed by atoms with van der Waals surface area (Å²) in [5.41, 5.74) is 0.00279. The molecule has 0 spiro atoms. The number of hydrogen-bond acceptors (Lipinski definition) is 6. The zero-order valence-corrected chi connectivity index (χ0v) is 28.1. The Balaban J connectivity index is 1.77. The number of hydrogen-bond donors (Lipinski definition) is 1. The molecule has 244 valence electrons. The van der Waals surface area contributed by atoms with E-state index < -0.39 is 17.5 Å². The maximum absolute atomic E-state index is 14.1. The number of amides is 4. The van der Waals surface area contributed by atoms with E-state index in [1.165, 1.54) is 0 Å². The molecule has 1 N–H and O–H groups in total. The summed E-state index contributed by atoms with van der Waals surface area (Å²) in [4.78, 5) is 62.1. The van der Waals surface area contributed by atoms with Crippen molar-refractivity contribution >= 4 is 23.6 Å². The largest absolute Gasteiger partial charge is 0.378 e. The van der Waals surface area contributed by atoms with Crippen LogP contribution in [0.4, 0.5) is 0 Å². The van der Waals surface area contributed by atoms with Crippen LogP contribution in [0.15, 0.2) is 11.6 Å². The number of carbonyl (C=O) groups is 4. The summed E-state index contributed by atoms with van der Waals surface area (Å²) in [6.45, 7) is 19.5. The Bertz CT molecular complexity index is 1030. The fraction of sp³-hybridized carbons (Fsp3) is 0.818. The van der Waals surface area contributed by atoms with Gasteiger partial charge in [-0.1, -0.05) is 47.1 Å². The van der Waals surface area contributed by atoms with Gasteiger partial charge in [0.05, 0.1) is 25.3 Å². The number of rotatable bonds is 9. The first kappa shape index (κ1) is 35.0. The van der Waals surface area contributed by atoms with E-state index in [1.807, 2.05) is 40.7 Å². The standard InChI is InChI=1S/C33H57N5O5/c1-22(2)27(21-24(5)30(40)38-16-12-14-26(38)31(41)36-17-19-43-20-18-36)35(9)32(42)28(33(6,7)8)34-29(39)25-13-10-11-15-37(25)23(3)4/h21-23,25-28H,10-20H2,1-9H3,(H,34,39)/t25-,26+,27?,28-/m1/s1. The summed E-state index contributed by atoms with van der Waals surface area (Å²) < 4.78 is 5.40. The molecule has 0 saturated carbocycles. The average Bonchev–Trinajstić information content (AvgIpc) is 3.46. The molecule has 10 heteroatoms. The minimum absolute atomic E-state index is 0.00702. The van der Waals surface area contributed by atoms with Crippen LogP contribution in [0.1, 0.15) is 87.5 Å². The van der Waals surface area contributed by atoms with Crippen LogP contribution in [0.2, 0.25) is 0 Å². The van der Waals surface area contributed by atoms with Crippen molar-refractivity contribution in [2.45, 2.75) is 118 Å². The Kier molecular flexibility index (Phi) is 12.2. The molecule has 0 bridgehead atoms. The normalized spacial score (nSPS) is 23.8. The van der Waals surface area contributed by atoms with Crippen molar-refractivity contribution in [2.24, 2.45) is 11.3 Å². The van der Waals surface area contributed by atoms with E-state index in [2.05, 4.69) is 24.1 Å². The molecule has 0 aromatic carbocycles. The number of likely N-dealkylation sites (N-methyl/N-ethyl adjacent to an activating group) is 1. The Morgan fingerprint density at radius 2 is 1.53 bits per heavy atom. The smallest absolute Gasteiger partial charge is 0.249 e. The minimum Gasteiger partial charge on any atom is -0.378 e. The Morgan fingerprint density at radius 3 is 2.12 bits per heavy atom. The first-order valence-corrected chi connectivity index (χ1v) is 16.3. The van der Waals surface area contributed by atoms with E-state index in [0.717, 1.165) is 32.2 Å². The molecule has 3 rings (SSSR count). The van der Waals surface area contributed by atoms with Gasteiger partial charge in [-0.05, 0) is 64.3 Å². The predicted molar refractivity (Wildman–Crippen MR) is 168 cm³/mol. The molecule has 10 nitrogen and oxygen atoms in total. The van der Waals surface area contributed by atoms with E-state index in [-0.39, 0.29) is 47.7 Å². The highest BCUT2D eigenvalue weighted by Crippen LogP contribution is 2.27.